The first-order valence-corrected chi connectivity index (χ1v) is 8.35. The molecule has 0 saturated carbocycles. The van der Waals surface area contributed by atoms with Crippen molar-refractivity contribution in [1.29, 1.82) is 0 Å². The van der Waals surface area contributed by atoms with Crippen molar-refractivity contribution in [3.05, 3.63) is 54.6 Å². The number of pyridine rings is 1. The normalized spacial score (nSPS) is 10.9. The summed E-state index contributed by atoms with van der Waals surface area (Å²) in [5.41, 5.74) is 9.13. The van der Waals surface area contributed by atoms with Crippen molar-refractivity contribution in [1.82, 2.24) is 15.0 Å². The number of rotatable bonds is 6. The van der Waals surface area contributed by atoms with Gasteiger partial charge in [-0.05, 0) is 49.4 Å². The highest BCUT2D eigenvalue weighted by Crippen LogP contribution is 2.32. The summed E-state index contributed by atoms with van der Waals surface area (Å²) in [6, 6.07) is 10.2. The van der Waals surface area contributed by atoms with Crippen LogP contribution in [0.2, 0.25) is 0 Å². The molecule has 0 unspecified atom stereocenters. The van der Waals surface area contributed by atoms with Crippen molar-refractivity contribution in [2.24, 2.45) is 5.73 Å². The van der Waals surface area contributed by atoms with Gasteiger partial charge >= 0.3 is 0 Å². The molecule has 0 aliphatic carbocycles. The third-order valence-electron chi connectivity index (χ3n) is 3.36. The van der Waals surface area contributed by atoms with Crippen LogP contribution in [0.1, 0.15) is 6.42 Å². The summed E-state index contributed by atoms with van der Waals surface area (Å²) in [6.45, 7) is 0.662. The molecular formula is C17H17FN4S. The minimum Gasteiger partial charge on any atom is -0.332 e. The molecule has 0 aliphatic rings. The van der Waals surface area contributed by atoms with Crippen LogP contribution in [-0.2, 0) is 0 Å². The van der Waals surface area contributed by atoms with Gasteiger partial charge in [0.25, 0.3) is 0 Å². The van der Waals surface area contributed by atoms with E-state index < -0.39 is 0 Å². The zero-order valence-electron chi connectivity index (χ0n) is 12.5. The summed E-state index contributed by atoms with van der Waals surface area (Å²) in [5, 5.41) is 0.838. The molecule has 118 valence electrons. The lowest BCUT2D eigenvalue weighted by Gasteiger charge is -2.02. The molecule has 6 heteroatoms. The fraction of sp³-hybridized carbons (Fsp3) is 0.176. The predicted octanol–water partition coefficient (Wildman–Crippen LogP) is 3.72. The monoisotopic (exact) mass is 328 g/mol. The first kappa shape index (κ1) is 15.7. The molecule has 3 N–H and O–H groups in total. The van der Waals surface area contributed by atoms with Gasteiger partial charge in [-0.3, -0.25) is 4.98 Å². The molecule has 0 fully saturated rings. The standard InChI is InChI=1S/C17H17FN4S/c18-14-4-2-12(3-5-14)15-16(13-6-9-20-10-7-13)22-17(21-15)23-11-1-8-19/h2-7,9-10H,1,8,11,19H2,(H,21,22). The SMILES string of the molecule is NCCCSc1nc(-c2ccc(F)cc2)c(-c2ccncc2)[nH]1. The Morgan fingerprint density at radius 1 is 1.04 bits per heavy atom. The summed E-state index contributed by atoms with van der Waals surface area (Å²) >= 11 is 1.64. The number of aromatic nitrogens is 3. The number of hydrogen-bond donors (Lipinski definition) is 2. The number of thioether (sulfide) groups is 1. The molecular weight excluding hydrogens is 311 g/mol. The van der Waals surface area contributed by atoms with E-state index in [0.29, 0.717) is 6.54 Å². The van der Waals surface area contributed by atoms with Crippen molar-refractivity contribution in [3.63, 3.8) is 0 Å². The Labute approximate surface area is 138 Å². The van der Waals surface area contributed by atoms with Gasteiger partial charge in [-0.1, -0.05) is 11.8 Å². The zero-order chi connectivity index (χ0) is 16.1. The molecule has 3 rings (SSSR count). The number of imidazole rings is 1. The number of hydrogen-bond acceptors (Lipinski definition) is 4. The number of halogens is 1. The number of nitrogens with one attached hydrogen (secondary N) is 1. The van der Waals surface area contributed by atoms with Crippen LogP contribution in [0.5, 0.6) is 0 Å². The summed E-state index contributed by atoms with van der Waals surface area (Å²) < 4.78 is 13.2. The highest BCUT2D eigenvalue weighted by Gasteiger charge is 2.14. The van der Waals surface area contributed by atoms with Gasteiger partial charge in [0.05, 0.1) is 11.4 Å². The molecule has 0 atom stereocenters. The highest BCUT2D eigenvalue weighted by molar-refractivity contribution is 7.99. The molecule has 0 radical (unpaired) electrons. The second-order valence-electron chi connectivity index (χ2n) is 5.00. The molecule has 0 bridgehead atoms. The van der Waals surface area contributed by atoms with Crippen LogP contribution in [-0.4, -0.2) is 27.2 Å². The Hall–Kier alpha value is -2.18. The predicted molar refractivity (Wildman–Crippen MR) is 91.6 cm³/mol. The van der Waals surface area contributed by atoms with Crippen LogP contribution in [0.4, 0.5) is 4.39 Å². The van der Waals surface area contributed by atoms with E-state index in [4.69, 9.17) is 5.73 Å². The smallest absolute Gasteiger partial charge is 0.166 e. The van der Waals surface area contributed by atoms with Crippen LogP contribution in [0, 0.1) is 5.82 Å². The van der Waals surface area contributed by atoms with Crippen LogP contribution < -0.4 is 5.73 Å². The minimum absolute atomic E-state index is 0.257. The molecule has 2 aromatic heterocycles. The van der Waals surface area contributed by atoms with Gasteiger partial charge in [0.15, 0.2) is 5.16 Å². The summed E-state index contributed by atoms with van der Waals surface area (Å²) in [7, 11) is 0. The van der Waals surface area contributed by atoms with Crippen molar-refractivity contribution in [2.75, 3.05) is 12.3 Å². The first-order valence-electron chi connectivity index (χ1n) is 7.37. The largest absolute Gasteiger partial charge is 0.332 e. The average Bonchev–Trinajstić information content (AvgIpc) is 3.01. The van der Waals surface area contributed by atoms with Gasteiger partial charge in [-0.25, -0.2) is 9.37 Å². The van der Waals surface area contributed by atoms with E-state index in [0.717, 1.165) is 39.8 Å². The van der Waals surface area contributed by atoms with E-state index >= 15 is 0 Å². The number of benzene rings is 1. The van der Waals surface area contributed by atoms with E-state index in [9.17, 15) is 4.39 Å². The van der Waals surface area contributed by atoms with Crippen molar-refractivity contribution in [3.8, 4) is 22.5 Å². The number of H-pyrrole nitrogens is 1. The van der Waals surface area contributed by atoms with Gasteiger partial charge < -0.3 is 10.7 Å². The molecule has 1 aromatic carbocycles. The Balaban J connectivity index is 2.00. The number of aromatic amines is 1. The third kappa shape index (κ3) is 3.78. The summed E-state index contributed by atoms with van der Waals surface area (Å²) in [5.74, 6) is 0.648. The van der Waals surface area contributed by atoms with Gasteiger partial charge in [-0.2, -0.15) is 0 Å². The van der Waals surface area contributed by atoms with E-state index in [1.165, 1.54) is 12.1 Å². The molecule has 4 nitrogen and oxygen atoms in total. The molecule has 23 heavy (non-hydrogen) atoms. The van der Waals surface area contributed by atoms with E-state index in [-0.39, 0.29) is 5.82 Å². The molecule has 0 amide bonds. The topological polar surface area (TPSA) is 67.6 Å². The summed E-state index contributed by atoms with van der Waals surface area (Å²) in [6.07, 6.45) is 4.42. The molecule has 3 aromatic rings. The maximum atomic E-state index is 13.2. The fourth-order valence-corrected chi connectivity index (χ4v) is 3.05. The van der Waals surface area contributed by atoms with Gasteiger partial charge in [0.1, 0.15) is 5.82 Å². The van der Waals surface area contributed by atoms with Gasteiger partial charge in [0.2, 0.25) is 0 Å². The lowest BCUT2D eigenvalue weighted by Crippen LogP contribution is -1.99. The van der Waals surface area contributed by atoms with E-state index in [2.05, 4.69) is 15.0 Å². The maximum Gasteiger partial charge on any atom is 0.166 e. The first-order chi connectivity index (χ1) is 11.3. The lowest BCUT2D eigenvalue weighted by atomic mass is 10.1. The van der Waals surface area contributed by atoms with Crippen LogP contribution >= 0.6 is 11.8 Å². The quantitative estimate of drug-likeness (QED) is 0.534. The zero-order valence-corrected chi connectivity index (χ0v) is 13.3. The molecule has 0 saturated heterocycles. The Morgan fingerprint density at radius 3 is 2.48 bits per heavy atom. The minimum atomic E-state index is -0.257. The maximum absolute atomic E-state index is 13.2. The van der Waals surface area contributed by atoms with Crippen LogP contribution in [0.3, 0.4) is 0 Å². The Bertz CT molecular complexity index is 756. The lowest BCUT2D eigenvalue weighted by molar-refractivity contribution is 0.628. The Morgan fingerprint density at radius 2 is 1.78 bits per heavy atom. The highest BCUT2D eigenvalue weighted by atomic mass is 32.2. The van der Waals surface area contributed by atoms with Crippen LogP contribution in [0.15, 0.2) is 53.9 Å². The third-order valence-corrected chi connectivity index (χ3v) is 4.32. The van der Waals surface area contributed by atoms with E-state index in [1.54, 1.807) is 36.3 Å². The van der Waals surface area contributed by atoms with E-state index in [1.807, 2.05) is 12.1 Å². The average molecular weight is 328 g/mol. The molecule has 2 heterocycles. The second-order valence-corrected chi connectivity index (χ2v) is 6.08. The van der Waals surface area contributed by atoms with Crippen molar-refractivity contribution < 1.29 is 4.39 Å². The molecule has 0 spiro atoms. The number of nitrogens with zero attached hydrogens (tertiary/aromatic N) is 2. The molecule has 0 aliphatic heterocycles. The van der Waals surface area contributed by atoms with Gasteiger partial charge in [0, 0.05) is 29.3 Å². The second kappa shape index (κ2) is 7.39. The fourth-order valence-electron chi connectivity index (χ4n) is 2.22. The number of nitrogens with two attached hydrogens (primary N) is 1. The van der Waals surface area contributed by atoms with Gasteiger partial charge in [-0.15, -0.1) is 0 Å². The van der Waals surface area contributed by atoms with Crippen LogP contribution in [0.25, 0.3) is 22.5 Å². The van der Waals surface area contributed by atoms with Crippen molar-refractivity contribution in [2.45, 2.75) is 11.6 Å². The Kier molecular flexibility index (Phi) is 5.05. The van der Waals surface area contributed by atoms with Crippen molar-refractivity contribution >= 4 is 11.8 Å². The summed E-state index contributed by atoms with van der Waals surface area (Å²) in [4.78, 5) is 12.1.